The lowest BCUT2D eigenvalue weighted by atomic mass is 9.78. The van der Waals surface area contributed by atoms with Crippen molar-refractivity contribution < 1.29 is 28.6 Å². The van der Waals surface area contributed by atoms with E-state index >= 15 is 0 Å². The van der Waals surface area contributed by atoms with Gasteiger partial charge in [-0.15, -0.1) is 0 Å². The Bertz CT molecular complexity index is 1170. The number of aromatic nitrogens is 1. The Hall–Kier alpha value is -2.93. The van der Waals surface area contributed by atoms with E-state index in [2.05, 4.69) is 0 Å². The summed E-state index contributed by atoms with van der Waals surface area (Å²) in [5, 5.41) is 19.8. The second-order valence-corrected chi connectivity index (χ2v) is 7.45. The second-order valence-electron chi connectivity index (χ2n) is 7.04. The molecule has 5 nitrogen and oxygen atoms in total. The number of hydrogen-bond acceptors (Lipinski definition) is 3. The quantitative estimate of drug-likeness (QED) is 0.619. The number of carboxylic acids is 1. The molecule has 0 aliphatic heterocycles. The smallest absolute Gasteiger partial charge is 0.313 e. The molecule has 0 aliphatic rings. The molecular formula is C21H18ClF2NO4. The number of phenols is 1. The van der Waals surface area contributed by atoms with Crippen molar-refractivity contribution in [1.82, 2.24) is 4.57 Å². The molecule has 0 bridgehead atoms. The largest absolute Gasteiger partial charge is 0.505 e. The number of halogens is 3. The summed E-state index contributed by atoms with van der Waals surface area (Å²) in [5.41, 5.74) is -0.823. The lowest BCUT2D eigenvalue weighted by molar-refractivity contribution is -0.143. The van der Waals surface area contributed by atoms with Crippen LogP contribution in [0.5, 0.6) is 5.75 Å². The highest BCUT2D eigenvalue weighted by Gasteiger charge is 2.39. The van der Waals surface area contributed by atoms with Gasteiger partial charge in [0, 0.05) is 22.7 Å². The summed E-state index contributed by atoms with van der Waals surface area (Å²) in [4.78, 5) is 25.2. The van der Waals surface area contributed by atoms with Crippen molar-refractivity contribution in [2.75, 3.05) is 0 Å². The van der Waals surface area contributed by atoms with Gasteiger partial charge in [0.15, 0.2) is 11.6 Å². The molecule has 1 heterocycles. The van der Waals surface area contributed by atoms with Gasteiger partial charge in [-0.25, -0.2) is 8.78 Å². The number of carboxylic acid groups (broad SMARTS) is 1. The highest BCUT2D eigenvalue weighted by molar-refractivity contribution is 6.30. The molecule has 1 atom stereocenters. The molecular weight excluding hydrogens is 404 g/mol. The number of aromatic hydroxyl groups is 1. The Morgan fingerprint density at radius 2 is 1.83 bits per heavy atom. The first-order valence-electron chi connectivity index (χ1n) is 8.80. The van der Waals surface area contributed by atoms with E-state index < -0.39 is 34.7 Å². The molecule has 0 radical (unpaired) electrons. The van der Waals surface area contributed by atoms with Gasteiger partial charge in [0.1, 0.15) is 5.82 Å². The third-order valence-electron chi connectivity index (χ3n) is 5.37. The van der Waals surface area contributed by atoms with E-state index in [1.165, 1.54) is 26.0 Å². The number of carbonyl (C=O) groups is 2. The molecule has 0 fully saturated rings. The maximum atomic E-state index is 14.1. The summed E-state index contributed by atoms with van der Waals surface area (Å²) >= 11 is 5.68. The van der Waals surface area contributed by atoms with Gasteiger partial charge < -0.3 is 10.2 Å². The average Bonchev–Trinajstić information content (AvgIpc) is 2.94. The van der Waals surface area contributed by atoms with Crippen molar-refractivity contribution in [3.63, 3.8) is 0 Å². The number of rotatable bonds is 4. The number of benzene rings is 2. The summed E-state index contributed by atoms with van der Waals surface area (Å²) in [7, 11) is 0. The molecule has 0 amide bonds. The van der Waals surface area contributed by atoms with Gasteiger partial charge in [0.25, 0.3) is 5.91 Å². The minimum absolute atomic E-state index is 0.0412. The van der Waals surface area contributed by atoms with Crippen LogP contribution in [0.1, 0.15) is 41.9 Å². The zero-order valence-electron chi connectivity index (χ0n) is 15.9. The fourth-order valence-corrected chi connectivity index (χ4v) is 3.69. The number of fused-ring (bicyclic) bond motifs is 1. The molecule has 0 unspecified atom stereocenters. The Morgan fingerprint density at radius 3 is 2.38 bits per heavy atom. The summed E-state index contributed by atoms with van der Waals surface area (Å²) in [6, 6.07) is 5.58. The molecule has 0 saturated heterocycles. The van der Waals surface area contributed by atoms with Gasteiger partial charge in [0.2, 0.25) is 0 Å². The van der Waals surface area contributed by atoms with E-state index in [9.17, 15) is 28.6 Å². The average molecular weight is 422 g/mol. The lowest BCUT2D eigenvalue weighted by Gasteiger charge is -2.24. The van der Waals surface area contributed by atoms with Gasteiger partial charge in [-0.3, -0.25) is 14.2 Å². The number of phenolic OH excluding ortho intramolecular Hbond substituents is 1. The highest BCUT2D eigenvalue weighted by atomic mass is 35.5. The van der Waals surface area contributed by atoms with Gasteiger partial charge in [0.05, 0.1) is 16.0 Å². The third kappa shape index (κ3) is 3.15. The van der Waals surface area contributed by atoms with Crippen LogP contribution in [0.2, 0.25) is 5.02 Å². The Kier molecular flexibility index (Phi) is 5.13. The fourth-order valence-electron chi connectivity index (χ4n) is 3.58. The van der Waals surface area contributed by atoms with Crippen LogP contribution in [0.4, 0.5) is 8.78 Å². The maximum Gasteiger partial charge on any atom is 0.313 e. The van der Waals surface area contributed by atoms with E-state index in [1.807, 2.05) is 0 Å². The summed E-state index contributed by atoms with van der Waals surface area (Å²) < 4.78 is 29.1. The summed E-state index contributed by atoms with van der Waals surface area (Å²) in [5.74, 6) is -4.23. The van der Waals surface area contributed by atoms with E-state index in [-0.39, 0.29) is 39.2 Å². The standard InChI is InChI=1S/C21H18ClF2NO4/c1-4-21(3,20(28)29)18-10(2)25(16-9-15(24)17(26)8-12(16)18)19(27)11-5-6-13(22)14(23)7-11/h5-9,26H,4H2,1-3H3,(H,28,29)/t21-/m1/s1. The maximum absolute atomic E-state index is 14.1. The zero-order chi connectivity index (χ0) is 21.7. The third-order valence-corrected chi connectivity index (χ3v) is 5.68. The van der Waals surface area contributed by atoms with Crippen LogP contribution in [0.3, 0.4) is 0 Å². The van der Waals surface area contributed by atoms with E-state index in [1.54, 1.807) is 6.92 Å². The molecule has 3 aromatic rings. The number of hydrogen-bond donors (Lipinski definition) is 2. The summed E-state index contributed by atoms with van der Waals surface area (Å²) in [6.07, 6.45) is 0.185. The Balaban J connectivity index is 2.40. The molecule has 0 spiro atoms. The van der Waals surface area contributed by atoms with Crippen LogP contribution in [0, 0.1) is 18.6 Å². The lowest BCUT2D eigenvalue weighted by Crippen LogP contribution is -2.32. The minimum atomic E-state index is -1.40. The van der Waals surface area contributed by atoms with Gasteiger partial charge in [-0.05, 0) is 50.1 Å². The van der Waals surface area contributed by atoms with E-state index in [4.69, 9.17) is 11.6 Å². The van der Waals surface area contributed by atoms with Crippen molar-refractivity contribution in [3.05, 3.63) is 63.8 Å². The van der Waals surface area contributed by atoms with Crippen molar-refractivity contribution in [2.45, 2.75) is 32.6 Å². The Labute approximate surface area is 170 Å². The normalized spacial score (nSPS) is 13.4. The number of aliphatic carboxylic acids is 1. The van der Waals surface area contributed by atoms with Crippen LogP contribution < -0.4 is 0 Å². The second kappa shape index (κ2) is 7.15. The highest BCUT2D eigenvalue weighted by Crippen LogP contribution is 2.40. The molecule has 0 aliphatic carbocycles. The predicted molar refractivity (Wildman–Crippen MR) is 105 cm³/mol. The van der Waals surface area contributed by atoms with Crippen molar-refractivity contribution in [3.8, 4) is 5.75 Å². The van der Waals surface area contributed by atoms with Crippen LogP contribution in [-0.4, -0.2) is 26.7 Å². The van der Waals surface area contributed by atoms with Crippen molar-refractivity contribution >= 4 is 34.4 Å². The van der Waals surface area contributed by atoms with Crippen LogP contribution >= 0.6 is 11.6 Å². The molecule has 0 saturated carbocycles. The fraction of sp³-hybridized carbons (Fsp3) is 0.238. The van der Waals surface area contributed by atoms with Crippen LogP contribution in [-0.2, 0) is 10.2 Å². The molecule has 152 valence electrons. The summed E-state index contributed by atoms with van der Waals surface area (Å²) in [6.45, 7) is 4.70. The SMILES string of the molecule is CC[C@@](C)(C(=O)O)c1c(C)n(C(=O)c2ccc(Cl)c(F)c2)c2cc(F)c(O)cc12. The monoisotopic (exact) mass is 421 g/mol. The molecule has 3 rings (SSSR count). The first-order valence-corrected chi connectivity index (χ1v) is 9.17. The topological polar surface area (TPSA) is 79.5 Å². The van der Waals surface area contributed by atoms with Gasteiger partial charge in [-0.2, -0.15) is 0 Å². The zero-order valence-corrected chi connectivity index (χ0v) is 16.6. The minimum Gasteiger partial charge on any atom is -0.505 e. The number of carbonyl (C=O) groups excluding carboxylic acids is 1. The first-order chi connectivity index (χ1) is 13.5. The molecule has 2 aromatic carbocycles. The van der Waals surface area contributed by atoms with Crippen LogP contribution in [0.15, 0.2) is 30.3 Å². The van der Waals surface area contributed by atoms with Crippen molar-refractivity contribution in [2.24, 2.45) is 0 Å². The Morgan fingerprint density at radius 1 is 1.17 bits per heavy atom. The van der Waals surface area contributed by atoms with E-state index in [0.717, 1.165) is 22.8 Å². The van der Waals surface area contributed by atoms with Gasteiger partial charge in [-0.1, -0.05) is 18.5 Å². The molecule has 29 heavy (non-hydrogen) atoms. The predicted octanol–water partition coefficient (Wildman–Crippen LogP) is 5.03. The van der Waals surface area contributed by atoms with Gasteiger partial charge >= 0.3 is 5.97 Å². The molecule has 2 N–H and O–H groups in total. The van der Waals surface area contributed by atoms with Crippen LogP contribution in [0.25, 0.3) is 10.9 Å². The number of nitrogens with zero attached hydrogens (tertiary/aromatic N) is 1. The van der Waals surface area contributed by atoms with Crippen molar-refractivity contribution in [1.29, 1.82) is 0 Å². The first kappa shape index (κ1) is 20.8. The van der Waals surface area contributed by atoms with E-state index in [0.29, 0.717) is 0 Å². The molecule has 8 heteroatoms. The molecule has 1 aromatic heterocycles.